The molecule has 0 saturated carbocycles. The number of hydrogen-bond donors (Lipinski definition) is 2. The highest BCUT2D eigenvalue weighted by Crippen LogP contribution is 2.10. The van der Waals surface area contributed by atoms with Gasteiger partial charge in [0.2, 0.25) is 0 Å². The number of nitrogens with two attached hydrogens (primary N) is 1. The van der Waals surface area contributed by atoms with Gasteiger partial charge in [0.15, 0.2) is 0 Å². The first-order valence-electron chi connectivity index (χ1n) is 6.21. The Morgan fingerprint density at radius 3 is 2.82 bits per heavy atom. The molecule has 1 aromatic rings. The van der Waals surface area contributed by atoms with Crippen molar-refractivity contribution in [1.82, 2.24) is 15.2 Å². The molecule has 0 aromatic carbocycles. The van der Waals surface area contributed by atoms with Crippen molar-refractivity contribution < 1.29 is 0 Å². The van der Waals surface area contributed by atoms with Crippen LogP contribution in [-0.4, -0.2) is 43.1 Å². The van der Waals surface area contributed by atoms with Crippen molar-refractivity contribution in [3.8, 4) is 0 Å². The number of likely N-dealkylation sites (N-methyl/N-ethyl adjacent to an activating group) is 1. The number of nitrogens with one attached hydrogen (secondary N) is 1. The maximum Gasteiger partial charge on any atom is 0.126 e. The van der Waals surface area contributed by atoms with Gasteiger partial charge in [0.25, 0.3) is 0 Å². The number of rotatable bonds is 7. The molecular weight excluding hydrogens is 212 g/mol. The van der Waals surface area contributed by atoms with E-state index in [4.69, 9.17) is 5.73 Å². The van der Waals surface area contributed by atoms with Crippen LogP contribution in [0.5, 0.6) is 0 Å². The normalized spacial score (nSPS) is 12.9. The molecule has 0 aliphatic rings. The molecule has 0 spiro atoms. The first kappa shape index (κ1) is 13.9. The Morgan fingerprint density at radius 2 is 2.24 bits per heavy atom. The zero-order chi connectivity index (χ0) is 12.7. The van der Waals surface area contributed by atoms with Gasteiger partial charge in [0.05, 0.1) is 0 Å². The molecule has 4 heteroatoms. The molecule has 0 aliphatic heterocycles. The van der Waals surface area contributed by atoms with Gasteiger partial charge >= 0.3 is 0 Å². The van der Waals surface area contributed by atoms with Crippen molar-refractivity contribution in [2.45, 2.75) is 25.8 Å². The molecule has 0 amide bonds. The zero-order valence-electron chi connectivity index (χ0n) is 11.1. The number of nitrogen functional groups attached to an aromatic ring is 1. The van der Waals surface area contributed by atoms with Crippen LogP contribution in [0.4, 0.5) is 5.82 Å². The number of pyridine rings is 1. The Labute approximate surface area is 104 Å². The minimum atomic E-state index is 0.427. The van der Waals surface area contributed by atoms with Crippen LogP contribution in [0, 0.1) is 0 Å². The first-order valence-corrected chi connectivity index (χ1v) is 6.21. The Hall–Kier alpha value is -1.13. The molecular formula is C13H24N4. The minimum Gasteiger partial charge on any atom is -0.383 e. The first-order chi connectivity index (χ1) is 8.13. The van der Waals surface area contributed by atoms with E-state index in [-0.39, 0.29) is 0 Å². The predicted octanol–water partition coefficient (Wildman–Crippen LogP) is 1.14. The van der Waals surface area contributed by atoms with Crippen molar-refractivity contribution >= 4 is 5.82 Å². The van der Waals surface area contributed by atoms with Gasteiger partial charge in [0, 0.05) is 18.8 Å². The monoisotopic (exact) mass is 236 g/mol. The number of hydrogen-bond acceptors (Lipinski definition) is 4. The Bertz CT molecular complexity index is 325. The maximum absolute atomic E-state index is 5.88. The minimum absolute atomic E-state index is 0.427. The summed E-state index contributed by atoms with van der Waals surface area (Å²) in [7, 11) is 4.18. The van der Waals surface area contributed by atoms with Gasteiger partial charge in [-0.1, -0.05) is 13.0 Å². The van der Waals surface area contributed by atoms with E-state index < -0.39 is 0 Å². The molecule has 3 N–H and O–H groups in total. The van der Waals surface area contributed by atoms with Crippen molar-refractivity contribution in [2.75, 3.05) is 32.9 Å². The van der Waals surface area contributed by atoms with Crippen molar-refractivity contribution in [1.29, 1.82) is 0 Å². The molecule has 0 fully saturated rings. The standard InChI is InChI=1S/C13H24N4/c1-4-7-15-12(10-17(2)3)9-11-6-5-8-16-13(11)14/h5-6,8,12,15H,4,7,9-10H2,1-3H3,(H2,14,16). The highest BCUT2D eigenvalue weighted by molar-refractivity contribution is 5.38. The summed E-state index contributed by atoms with van der Waals surface area (Å²) in [5.41, 5.74) is 7.00. The van der Waals surface area contributed by atoms with E-state index >= 15 is 0 Å². The molecule has 1 aromatic heterocycles. The van der Waals surface area contributed by atoms with Gasteiger partial charge in [-0.2, -0.15) is 0 Å². The summed E-state index contributed by atoms with van der Waals surface area (Å²) in [4.78, 5) is 6.32. The van der Waals surface area contributed by atoms with Crippen LogP contribution in [0.3, 0.4) is 0 Å². The van der Waals surface area contributed by atoms with E-state index in [0.717, 1.165) is 31.5 Å². The average Bonchev–Trinajstić information content (AvgIpc) is 2.28. The van der Waals surface area contributed by atoms with E-state index in [1.165, 1.54) is 0 Å². The SMILES string of the molecule is CCCNC(Cc1cccnc1N)CN(C)C. The lowest BCUT2D eigenvalue weighted by Gasteiger charge is -2.22. The molecule has 17 heavy (non-hydrogen) atoms. The fourth-order valence-electron chi connectivity index (χ4n) is 1.88. The third kappa shape index (κ3) is 5.15. The molecule has 0 saturated heterocycles. The smallest absolute Gasteiger partial charge is 0.126 e. The number of aromatic nitrogens is 1. The summed E-state index contributed by atoms with van der Waals surface area (Å²) >= 11 is 0. The van der Waals surface area contributed by atoms with Gasteiger partial charge in [-0.25, -0.2) is 4.98 Å². The fraction of sp³-hybridized carbons (Fsp3) is 0.615. The molecule has 0 radical (unpaired) electrons. The average molecular weight is 236 g/mol. The highest BCUT2D eigenvalue weighted by atomic mass is 15.1. The van der Waals surface area contributed by atoms with Gasteiger partial charge < -0.3 is 16.0 Å². The number of nitrogens with zero attached hydrogens (tertiary/aromatic N) is 2. The third-order valence-corrected chi connectivity index (χ3v) is 2.66. The van der Waals surface area contributed by atoms with Crippen LogP contribution in [0.25, 0.3) is 0 Å². The topological polar surface area (TPSA) is 54.2 Å². The molecule has 1 heterocycles. The van der Waals surface area contributed by atoms with E-state index in [9.17, 15) is 0 Å². The van der Waals surface area contributed by atoms with Gasteiger partial charge in [-0.15, -0.1) is 0 Å². The van der Waals surface area contributed by atoms with Gasteiger partial charge in [0.1, 0.15) is 5.82 Å². The Morgan fingerprint density at radius 1 is 1.47 bits per heavy atom. The second-order valence-corrected chi connectivity index (χ2v) is 4.67. The summed E-state index contributed by atoms with van der Waals surface area (Å²) in [5, 5.41) is 3.55. The number of anilines is 1. The molecule has 0 bridgehead atoms. The van der Waals surface area contributed by atoms with Crippen LogP contribution in [0.15, 0.2) is 18.3 Å². The fourth-order valence-corrected chi connectivity index (χ4v) is 1.88. The second kappa shape index (κ2) is 7.25. The van der Waals surface area contributed by atoms with Crippen molar-refractivity contribution in [2.24, 2.45) is 0 Å². The van der Waals surface area contributed by atoms with Crippen molar-refractivity contribution in [3.63, 3.8) is 0 Å². The van der Waals surface area contributed by atoms with Gasteiger partial charge in [-0.3, -0.25) is 0 Å². The Kier molecular flexibility index (Phi) is 5.94. The molecule has 4 nitrogen and oxygen atoms in total. The molecule has 96 valence electrons. The summed E-state index contributed by atoms with van der Waals surface area (Å²) in [6.45, 7) is 4.23. The largest absolute Gasteiger partial charge is 0.383 e. The summed E-state index contributed by atoms with van der Waals surface area (Å²) in [6.07, 6.45) is 3.81. The van der Waals surface area contributed by atoms with Crippen LogP contribution in [0.1, 0.15) is 18.9 Å². The van der Waals surface area contributed by atoms with Gasteiger partial charge in [-0.05, 0) is 45.1 Å². The predicted molar refractivity (Wildman–Crippen MR) is 73.0 cm³/mol. The van der Waals surface area contributed by atoms with E-state index in [0.29, 0.717) is 11.9 Å². The lowest BCUT2D eigenvalue weighted by Crippen LogP contribution is -2.40. The lowest BCUT2D eigenvalue weighted by molar-refractivity contribution is 0.336. The van der Waals surface area contributed by atoms with E-state index in [2.05, 4.69) is 42.3 Å². The van der Waals surface area contributed by atoms with Crippen LogP contribution < -0.4 is 11.1 Å². The third-order valence-electron chi connectivity index (χ3n) is 2.66. The van der Waals surface area contributed by atoms with Crippen molar-refractivity contribution in [3.05, 3.63) is 23.9 Å². The lowest BCUT2D eigenvalue weighted by atomic mass is 10.1. The van der Waals surface area contributed by atoms with E-state index in [1.54, 1.807) is 6.20 Å². The molecule has 1 unspecified atom stereocenters. The van der Waals surface area contributed by atoms with Crippen LogP contribution in [0.2, 0.25) is 0 Å². The quantitative estimate of drug-likeness (QED) is 0.745. The molecule has 0 aliphatic carbocycles. The summed E-state index contributed by atoms with van der Waals surface area (Å²) < 4.78 is 0. The second-order valence-electron chi connectivity index (χ2n) is 4.67. The van der Waals surface area contributed by atoms with E-state index in [1.807, 2.05) is 6.07 Å². The zero-order valence-corrected chi connectivity index (χ0v) is 11.1. The molecule has 1 atom stereocenters. The van der Waals surface area contributed by atoms with Crippen LogP contribution >= 0.6 is 0 Å². The Balaban J connectivity index is 2.61. The van der Waals surface area contributed by atoms with Crippen LogP contribution in [-0.2, 0) is 6.42 Å². The molecule has 1 rings (SSSR count). The maximum atomic E-state index is 5.88. The summed E-state index contributed by atoms with van der Waals surface area (Å²) in [5.74, 6) is 0.648. The highest BCUT2D eigenvalue weighted by Gasteiger charge is 2.11. The summed E-state index contributed by atoms with van der Waals surface area (Å²) in [6, 6.07) is 4.42.